The van der Waals surface area contributed by atoms with Gasteiger partial charge in [0.25, 0.3) is 0 Å². The molecule has 0 aliphatic carbocycles. The quantitative estimate of drug-likeness (QED) is 0.673. The topological polar surface area (TPSA) is 51.0 Å². The zero-order valence-corrected chi connectivity index (χ0v) is 11.3. The normalized spacial score (nSPS) is 11.3. The molecule has 0 aromatic carbocycles. The van der Waals surface area contributed by atoms with E-state index in [2.05, 4.69) is 36.2 Å². The molecule has 0 atom stereocenters. The smallest absolute Gasteiger partial charge is 0.226 e. The Kier molecular flexibility index (Phi) is 6.86. The Hall–Kier alpha value is -0.900. The summed E-state index contributed by atoms with van der Waals surface area (Å²) in [6, 6.07) is 0.450. The average molecular weight is 239 g/mol. The molecule has 98 valence electrons. The maximum absolute atomic E-state index is 5.20. The molecule has 1 rings (SSSR count). The van der Waals surface area contributed by atoms with Gasteiger partial charge in [0.15, 0.2) is 5.82 Å². The van der Waals surface area contributed by atoms with Gasteiger partial charge in [-0.2, -0.15) is 4.98 Å². The van der Waals surface area contributed by atoms with E-state index in [1.54, 1.807) is 0 Å². The Bertz CT molecular complexity index is 297. The van der Waals surface area contributed by atoms with Gasteiger partial charge < -0.3 is 9.84 Å². The van der Waals surface area contributed by atoms with Crippen LogP contribution in [0.3, 0.4) is 0 Å². The summed E-state index contributed by atoms with van der Waals surface area (Å²) in [6.45, 7) is 7.13. The van der Waals surface area contributed by atoms with E-state index < -0.39 is 0 Å². The molecule has 4 heteroatoms. The van der Waals surface area contributed by atoms with Gasteiger partial charge in [0.1, 0.15) is 0 Å². The summed E-state index contributed by atoms with van der Waals surface area (Å²) in [5, 5.41) is 7.23. The van der Waals surface area contributed by atoms with Crippen LogP contribution in [0.1, 0.15) is 64.6 Å². The van der Waals surface area contributed by atoms with Crippen molar-refractivity contribution < 1.29 is 4.52 Å². The number of aromatic nitrogens is 2. The van der Waals surface area contributed by atoms with Crippen molar-refractivity contribution in [3.8, 4) is 0 Å². The van der Waals surface area contributed by atoms with E-state index in [1.807, 2.05) is 0 Å². The minimum atomic E-state index is 0.450. The molecule has 0 radical (unpaired) electrons. The van der Waals surface area contributed by atoms with Gasteiger partial charge in [0.05, 0.1) is 6.54 Å². The van der Waals surface area contributed by atoms with E-state index in [0.717, 1.165) is 24.6 Å². The Balaban J connectivity index is 2.17. The molecule has 1 N–H and O–H groups in total. The van der Waals surface area contributed by atoms with Gasteiger partial charge in [0, 0.05) is 12.5 Å². The Labute approximate surface area is 104 Å². The first kappa shape index (κ1) is 14.2. The van der Waals surface area contributed by atoms with Crippen LogP contribution in [0.15, 0.2) is 4.52 Å². The molecule has 0 saturated carbocycles. The summed E-state index contributed by atoms with van der Waals surface area (Å²) in [5.41, 5.74) is 0. The van der Waals surface area contributed by atoms with Crippen molar-refractivity contribution in [3.63, 3.8) is 0 Å². The largest absolute Gasteiger partial charge is 0.339 e. The molecular weight excluding hydrogens is 214 g/mol. The number of nitrogens with zero attached hydrogens (tertiary/aromatic N) is 2. The lowest BCUT2D eigenvalue weighted by atomic mass is 10.1. The number of hydrogen-bond donors (Lipinski definition) is 1. The zero-order valence-electron chi connectivity index (χ0n) is 11.3. The lowest BCUT2D eigenvalue weighted by molar-refractivity contribution is 0.366. The lowest BCUT2D eigenvalue weighted by Gasteiger charge is -2.03. The molecule has 0 bridgehead atoms. The van der Waals surface area contributed by atoms with Crippen LogP contribution in [0.5, 0.6) is 0 Å². The van der Waals surface area contributed by atoms with E-state index in [0.29, 0.717) is 12.6 Å². The van der Waals surface area contributed by atoms with Gasteiger partial charge in [0.2, 0.25) is 5.89 Å². The lowest BCUT2D eigenvalue weighted by Crippen LogP contribution is -2.22. The number of nitrogens with one attached hydrogen (secondary N) is 1. The molecule has 17 heavy (non-hydrogen) atoms. The van der Waals surface area contributed by atoms with E-state index >= 15 is 0 Å². The molecule has 0 saturated heterocycles. The Morgan fingerprint density at radius 3 is 2.65 bits per heavy atom. The fourth-order valence-corrected chi connectivity index (χ4v) is 1.64. The van der Waals surface area contributed by atoms with E-state index in [1.165, 1.54) is 25.7 Å². The maximum Gasteiger partial charge on any atom is 0.226 e. The fourth-order valence-electron chi connectivity index (χ4n) is 1.64. The van der Waals surface area contributed by atoms with Gasteiger partial charge in [-0.25, -0.2) is 0 Å². The first-order valence-electron chi connectivity index (χ1n) is 6.77. The van der Waals surface area contributed by atoms with Crippen molar-refractivity contribution in [1.82, 2.24) is 15.5 Å². The van der Waals surface area contributed by atoms with Crippen molar-refractivity contribution in [1.29, 1.82) is 0 Å². The van der Waals surface area contributed by atoms with Gasteiger partial charge >= 0.3 is 0 Å². The maximum atomic E-state index is 5.20. The third-order valence-corrected chi connectivity index (χ3v) is 2.67. The van der Waals surface area contributed by atoms with Gasteiger partial charge in [-0.05, 0) is 6.42 Å². The molecule has 4 nitrogen and oxygen atoms in total. The molecule has 0 amide bonds. The second-order valence-electron chi connectivity index (χ2n) is 4.80. The molecule has 0 unspecified atom stereocenters. The highest BCUT2D eigenvalue weighted by molar-refractivity contribution is 4.86. The number of hydrogen-bond acceptors (Lipinski definition) is 4. The molecule has 0 aliphatic rings. The Morgan fingerprint density at radius 2 is 1.94 bits per heavy atom. The number of aryl methyl sites for hydroxylation is 1. The highest BCUT2D eigenvalue weighted by Gasteiger charge is 2.06. The van der Waals surface area contributed by atoms with Crippen molar-refractivity contribution >= 4 is 0 Å². The van der Waals surface area contributed by atoms with Crippen LogP contribution in [0.2, 0.25) is 0 Å². The van der Waals surface area contributed by atoms with Crippen molar-refractivity contribution in [3.05, 3.63) is 11.7 Å². The van der Waals surface area contributed by atoms with Crippen LogP contribution in [0.4, 0.5) is 0 Å². The van der Waals surface area contributed by atoms with Gasteiger partial charge in [-0.3, -0.25) is 0 Å². The first-order valence-corrected chi connectivity index (χ1v) is 6.77. The standard InChI is InChI=1S/C13H25N3O/c1-4-5-6-7-8-9-13-15-12(16-17-13)10-14-11(2)3/h11,14H,4-10H2,1-3H3. The van der Waals surface area contributed by atoms with Crippen molar-refractivity contribution in [2.75, 3.05) is 0 Å². The zero-order chi connectivity index (χ0) is 12.5. The monoisotopic (exact) mass is 239 g/mol. The van der Waals surface area contributed by atoms with Gasteiger partial charge in [-0.1, -0.05) is 51.6 Å². The minimum Gasteiger partial charge on any atom is -0.339 e. The highest BCUT2D eigenvalue weighted by Crippen LogP contribution is 2.07. The molecule has 0 aliphatic heterocycles. The molecule has 0 spiro atoms. The molecular formula is C13H25N3O. The van der Waals surface area contributed by atoms with Crippen molar-refractivity contribution in [2.24, 2.45) is 0 Å². The van der Waals surface area contributed by atoms with E-state index in [9.17, 15) is 0 Å². The Morgan fingerprint density at radius 1 is 1.18 bits per heavy atom. The summed E-state index contributed by atoms with van der Waals surface area (Å²) in [4.78, 5) is 4.36. The van der Waals surface area contributed by atoms with Crippen LogP contribution < -0.4 is 5.32 Å². The summed E-state index contributed by atoms with van der Waals surface area (Å²) >= 11 is 0. The molecule has 1 heterocycles. The molecule has 0 fully saturated rings. The second-order valence-corrected chi connectivity index (χ2v) is 4.80. The van der Waals surface area contributed by atoms with Crippen LogP contribution in [-0.4, -0.2) is 16.2 Å². The predicted octanol–water partition coefficient (Wildman–Crippen LogP) is 3.08. The minimum absolute atomic E-state index is 0.450. The summed E-state index contributed by atoms with van der Waals surface area (Å²) in [7, 11) is 0. The molecule has 1 aromatic heterocycles. The second kappa shape index (κ2) is 8.23. The van der Waals surface area contributed by atoms with Crippen LogP contribution >= 0.6 is 0 Å². The summed E-state index contributed by atoms with van der Waals surface area (Å²) < 4.78 is 5.20. The summed E-state index contributed by atoms with van der Waals surface area (Å²) in [6.07, 6.45) is 7.25. The highest BCUT2D eigenvalue weighted by atomic mass is 16.5. The van der Waals surface area contributed by atoms with Crippen LogP contribution in [0.25, 0.3) is 0 Å². The average Bonchev–Trinajstić information content (AvgIpc) is 2.74. The SMILES string of the molecule is CCCCCCCc1nc(CNC(C)C)no1. The van der Waals surface area contributed by atoms with Crippen molar-refractivity contribution in [2.45, 2.75) is 71.9 Å². The number of unbranched alkanes of at least 4 members (excludes halogenated alkanes) is 4. The third kappa shape index (κ3) is 6.41. The molecule has 1 aromatic rings. The van der Waals surface area contributed by atoms with E-state index in [-0.39, 0.29) is 0 Å². The fraction of sp³-hybridized carbons (Fsp3) is 0.846. The number of rotatable bonds is 9. The van der Waals surface area contributed by atoms with Crippen LogP contribution in [0, 0.1) is 0 Å². The third-order valence-electron chi connectivity index (χ3n) is 2.67. The first-order chi connectivity index (χ1) is 8.22. The van der Waals surface area contributed by atoms with E-state index in [4.69, 9.17) is 4.52 Å². The van der Waals surface area contributed by atoms with Crippen LogP contribution in [-0.2, 0) is 13.0 Å². The predicted molar refractivity (Wildman–Crippen MR) is 68.7 cm³/mol. The summed E-state index contributed by atoms with van der Waals surface area (Å²) in [5.74, 6) is 1.55. The van der Waals surface area contributed by atoms with Gasteiger partial charge in [-0.15, -0.1) is 0 Å².